The molecule has 0 radical (unpaired) electrons. The summed E-state index contributed by atoms with van der Waals surface area (Å²) in [5.74, 6) is -0.320. The van der Waals surface area contributed by atoms with Crippen LogP contribution in [-0.2, 0) is 26.2 Å². The molecule has 9 heteroatoms. The molecule has 3 rings (SSSR count). The molecule has 0 aliphatic heterocycles. The number of sulfonamides is 1. The number of anilines is 1. The van der Waals surface area contributed by atoms with E-state index in [1.807, 2.05) is 39.0 Å². The van der Waals surface area contributed by atoms with Gasteiger partial charge in [-0.2, -0.15) is 0 Å². The van der Waals surface area contributed by atoms with Crippen molar-refractivity contribution in [3.8, 4) is 0 Å². The number of hydrogen-bond acceptors (Lipinski definition) is 4. The first-order valence-corrected chi connectivity index (χ1v) is 15.8. The summed E-state index contributed by atoms with van der Waals surface area (Å²) in [5.41, 5.74) is 2.07. The van der Waals surface area contributed by atoms with Crippen LogP contribution in [0.4, 0.5) is 5.69 Å². The van der Waals surface area contributed by atoms with E-state index in [1.54, 1.807) is 48.5 Å². The van der Waals surface area contributed by atoms with Gasteiger partial charge in [-0.15, -0.1) is 0 Å². The Labute approximate surface area is 249 Å². The number of nitrogens with zero attached hydrogens (tertiary/aromatic N) is 2. The third-order valence-electron chi connectivity index (χ3n) is 6.83. The highest BCUT2D eigenvalue weighted by molar-refractivity contribution is 7.92. The summed E-state index contributed by atoms with van der Waals surface area (Å²) in [5, 5.41) is 3.39. The molecule has 0 spiro atoms. The standard InChI is InChI=1S/C32H40ClN3O4S/c1-6-30(32(38)34-20-23(2)3)35(21-26-12-10-11-15-29(26)33)31(37)22-36(27-18-16-25(17-19-27)24(4)5)41(39,40)28-13-8-7-9-14-28/h7-19,23-24,30H,6,20-22H2,1-5H3,(H,34,38). The SMILES string of the molecule is CCC(C(=O)NCC(C)C)N(Cc1ccccc1Cl)C(=O)CN(c1ccc(C(C)C)cc1)S(=O)(=O)c1ccccc1. The largest absolute Gasteiger partial charge is 0.354 e. The predicted octanol–water partition coefficient (Wildman–Crippen LogP) is 6.24. The van der Waals surface area contributed by atoms with E-state index in [1.165, 1.54) is 17.0 Å². The van der Waals surface area contributed by atoms with Crippen LogP contribution in [0.5, 0.6) is 0 Å². The Kier molecular flexibility index (Phi) is 11.4. The lowest BCUT2D eigenvalue weighted by Crippen LogP contribution is -2.52. The number of carbonyl (C=O) groups is 2. The Balaban J connectivity index is 2.06. The summed E-state index contributed by atoms with van der Waals surface area (Å²) in [6.45, 7) is 9.94. The molecule has 0 aliphatic rings. The Morgan fingerprint density at radius 2 is 1.49 bits per heavy atom. The van der Waals surface area contributed by atoms with Crippen molar-refractivity contribution in [3.63, 3.8) is 0 Å². The van der Waals surface area contributed by atoms with Gasteiger partial charge in [-0.3, -0.25) is 13.9 Å². The highest BCUT2D eigenvalue weighted by Gasteiger charge is 2.34. The van der Waals surface area contributed by atoms with Gasteiger partial charge in [0.2, 0.25) is 11.8 Å². The van der Waals surface area contributed by atoms with Gasteiger partial charge in [0.15, 0.2) is 0 Å². The summed E-state index contributed by atoms with van der Waals surface area (Å²) in [7, 11) is -4.11. The van der Waals surface area contributed by atoms with Gasteiger partial charge in [0.25, 0.3) is 10.0 Å². The van der Waals surface area contributed by atoms with Gasteiger partial charge in [-0.05, 0) is 59.7 Å². The molecule has 0 saturated carbocycles. The monoisotopic (exact) mass is 597 g/mol. The summed E-state index contributed by atoms with van der Waals surface area (Å²) >= 11 is 6.45. The van der Waals surface area contributed by atoms with Crippen LogP contribution in [0, 0.1) is 5.92 Å². The molecule has 0 heterocycles. The Morgan fingerprint density at radius 3 is 2.05 bits per heavy atom. The van der Waals surface area contributed by atoms with Crippen LogP contribution < -0.4 is 9.62 Å². The fraction of sp³-hybridized carbons (Fsp3) is 0.375. The lowest BCUT2D eigenvalue weighted by atomic mass is 10.0. The van der Waals surface area contributed by atoms with Crippen molar-refractivity contribution in [3.05, 3.63) is 95.0 Å². The highest BCUT2D eigenvalue weighted by atomic mass is 35.5. The lowest BCUT2D eigenvalue weighted by molar-refractivity contribution is -0.140. The van der Waals surface area contributed by atoms with Gasteiger partial charge in [0.1, 0.15) is 12.6 Å². The van der Waals surface area contributed by atoms with Crippen LogP contribution in [0.3, 0.4) is 0 Å². The van der Waals surface area contributed by atoms with E-state index in [0.717, 1.165) is 9.87 Å². The molecule has 7 nitrogen and oxygen atoms in total. The molecule has 41 heavy (non-hydrogen) atoms. The highest BCUT2D eigenvalue weighted by Crippen LogP contribution is 2.27. The molecule has 3 aromatic rings. The molecule has 0 fully saturated rings. The van der Waals surface area contributed by atoms with Crippen molar-refractivity contribution < 1.29 is 18.0 Å². The molecule has 1 N–H and O–H groups in total. The molecule has 0 aromatic heterocycles. The Bertz CT molecular complexity index is 1410. The fourth-order valence-corrected chi connectivity index (χ4v) is 6.06. The van der Waals surface area contributed by atoms with E-state index in [-0.39, 0.29) is 29.2 Å². The first-order valence-electron chi connectivity index (χ1n) is 13.9. The summed E-state index contributed by atoms with van der Waals surface area (Å²) in [4.78, 5) is 28.9. The fourth-order valence-electron chi connectivity index (χ4n) is 4.43. The van der Waals surface area contributed by atoms with Crippen molar-refractivity contribution in [2.24, 2.45) is 5.92 Å². The zero-order valence-corrected chi connectivity index (χ0v) is 26.0. The zero-order valence-electron chi connectivity index (χ0n) is 24.4. The van der Waals surface area contributed by atoms with Crippen LogP contribution in [0.2, 0.25) is 5.02 Å². The Hall–Kier alpha value is -3.36. The summed E-state index contributed by atoms with van der Waals surface area (Å²) < 4.78 is 29.0. The number of hydrogen-bond donors (Lipinski definition) is 1. The van der Waals surface area contributed by atoms with Crippen LogP contribution in [0.25, 0.3) is 0 Å². The molecule has 1 atom stereocenters. The van der Waals surface area contributed by atoms with E-state index in [9.17, 15) is 18.0 Å². The molecular formula is C32H40ClN3O4S. The maximum atomic E-state index is 14.1. The quantitative estimate of drug-likeness (QED) is 0.253. The van der Waals surface area contributed by atoms with Gasteiger partial charge in [0.05, 0.1) is 10.6 Å². The minimum atomic E-state index is -4.11. The molecule has 2 amide bonds. The molecule has 0 aliphatic carbocycles. The second kappa shape index (κ2) is 14.5. The van der Waals surface area contributed by atoms with Gasteiger partial charge >= 0.3 is 0 Å². The maximum absolute atomic E-state index is 14.1. The minimum Gasteiger partial charge on any atom is -0.354 e. The zero-order chi connectivity index (χ0) is 30.2. The summed E-state index contributed by atoms with van der Waals surface area (Å²) in [6.07, 6.45) is 0.342. The maximum Gasteiger partial charge on any atom is 0.264 e. The van der Waals surface area contributed by atoms with Crippen LogP contribution >= 0.6 is 11.6 Å². The predicted molar refractivity (Wildman–Crippen MR) is 165 cm³/mol. The lowest BCUT2D eigenvalue weighted by Gasteiger charge is -2.33. The van der Waals surface area contributed by atoms with Crippen molar-refractivity contribution in [2.45, 2.75) is 64.4 Å². The van der Waals surface area contributed by atoms with E-state index in [2.05, 4.69) is 19.2 Å². The second-order valence-corrected chi connectivity index (χ2v) is 13.0. The van der Waals surface area contributed by atoms with Gasteiger partial charge in [-0.1, -0.05) is 94.8 Å². The molecular weight excluding hydrogens is 558 g/mol. The first-order chi connectivity index (χ1) is 19.4. The topological polar surface area (TPSA) is 86.8 Å². The molecule has 0 saturated heterocycles. The average Bonchev–Trinajstić information content (AvgIpc) is 2.96. The van der Waals surface area contributed by atoms with Crippen molar-refractivity contribution >= 4 is 39.1 Å². The number of carbonyl (C=O) groups excluding carboxylic acids is 2. The van der Waals surface area contributed by atoms with E-state index >= 15 is 0 Å². The van der Waals surface area contributed by atoms with Crippen LogP contribution in [-0.4, -0.2) is 44.3 Å². The van der Waals surface area contributed by atoms with E-state index in [0.29, 0.717) is 29.2 Å². The van der Waals surface area contributed by atoms with Crippen LogP contribution in [0.1, 0.15) is 58.1 Å². The van der Waals surface area contributed by atoms with Gasteiger partial charge in [-0.25, -0.2) is 8.42 Å². The molecule has 0 bridgehead atoms. The molecule has 3 aromatic carbocycles. The number of halogens is 1. The third-order valence-corrected chi connectivity index (χ3v) is 8.98. The van der Waals surface area contributed by atoms with Crippen molar-refractivity contribution in [2.75, 3.05) is 17.4 Å². The minimum absolute atomic E-state index is 0.0532. The number of benzene rings is 3. The summed E-state index contributed by atoms with van der Waals surface area (Å²) in [6, 6.07) is 21.5. The molecule has 1 unspecified atom stereocenters. The normalized spacial score (nSPS) is 12.3. The Morgan fingerprint density at radius 1 is 0.878 bits per heavy atom. The number of nitrogens with one attached hydrogen (secondary N) is 1. The van der Waals surface area contributed by atoms with Crippen LogP contribution in [0.15, 0.2) is 83.8 Å². The average molecular weight is 598 g/mol. The first kappa shape index (κ1) is 32.2. The number of rotatable bonds is 13. The molecule has 220 valence electrons. The van der Waals surface area contributed by atoms with Crippen molar-refractivity contribution in [1.29, 1.82) is 0 Å². The van der Waals surface area contributed by atoms with Crippen molar-refractivity contribution in [1.82, 2.24) is 10.2 Å². The van der Waals surface area contributed by atoms with Gasteiger partial charge < -0.3 is 10.2 Å². The van der Waals surface area contributed by atoms with E-state index < -0.39 is 28.5 Å². The number of amides is 2. The second-order valence-electron chi connectivity index (χ2n) is 10.7. The smallest absolute Gasteiger partial charge is 0.264 e. The van der Waals surface area contributed by atoms with E-state index in [4.69, 9.17) is 11.6 Å². The third kappa shape index (κ3) is 8.33. The van der Waals surface area contributed by atoms with Gasteiger partial charge in [0, 0.05) is 18.1 Å².